The number of aromatic nitrogens is 4. The summed E-state index contributed by atoms with van der Waals surface area (Å²) in [5.74, 6) is 0.00486. The van der Waals surface area contributed by atoms with Gasteiger partial charge in [-0.2, -0.15) is 5.10 Å². The number of carbonyl (C=O) groups is 2. The van der Waals surface area contributed by atoms with E-state index in [0.29, 0.717) is 35.0 Å². The Morgan fingerprint density at radius 1 is 1.00 bits per heavy atom. The molecule has 1 N–H and O–H groups in total. The van der Waals surface area contributed by atoms with Crippen LogP contribution in [0.5, 0.6) is 0 Å². The normalized spacial score (nSPS) is 10.8. The Bertz CT molecular complexity index is 1250. The van der Waals surface area contributed by atoms with E-state index >= 15 is 0 Å². The number of amides is 2. The van der Waals surface area contributed by atoms with Crippen LogP contribution in [0.4, 0.5) is 5.69 Å². The van der Waals surface area contributed by atoms with E-state index in [-0.39, 0.29) is 17.6 Å². The second kappa shape index (κ2) is 10.3. The molecule has 2 aromatic carbocycles. The van der Waals surface area contributed by atoms with Crippen LogP contribution >= 0.6 is 11.8 Å². The Labute approximate surface area is 196 Å². The number of hydrogen-bond acceptors (Lipinski definition) is 6. The first-order valence-corrected chi connectivity index (χ1v) is 11.7. The van der Waals surface area contributed by atoms with Gasteiger partial charge in [-0.25, -0.2) is 14.6 Å². The first-order chi connectivity index (χ1) is 16.1. The van der Waals surface area contributed by atoms with Crippen molar-refractivity contribution >= 4 is 40.3 Å². The van der Waals surface area contributed by atoms with Gasteiger partial charge in [0.2, 0.25) is 5.91 Å². The third-order valence-corrected chi connectivity index (χ3v) is 6.14. The lowest BCUT2D eigenvalue weighted by atomic mass is 10.2. The average Bonchev–Trinajstić information content (AvgIpc) is 3.29. The van der Waals surface area contributed by atoms with Gasteiger partial charge in [0.05, 0.1) is 23.0 Å². The average molecular weight is 461 g/mol. The first kappa shape index (κ1) is 22.5. The molecule has 0 radical (unpaired) electrons. The van der Waals surface area contributed by atoms with Gasteiger partial charge in [0.25, 0.3) is 5.91 Å². The predicted octanol–water partition coefficient (Wildman–Crippen LogP) is 4.03. The van der Waals surface area contributed by atoms with Crippen molar-refractivity contribution in [1.29, 1.82) is 0 Å². The van der Waals surface area contributed by atoms with E-state index in [1.54, 1.807) is 40.0 Å². The summed E-state index contributed by atoms with van der Waals surface area (Å²) in [7, 11) is 0. The van der Waals surface area contributed by atoms with Crippen LogP contribution in [0.2, 0.25) is 0 Å². The maximum Gasteiger partial charge on any atom is 0.253 e. The number of carbonyl (C=O) groups excluding carboxylic acids is 2. The number of nitrogens with zero attached hydrogens (tertiary/aromatic N) is 5. The van der Waals surface area contributed by atoms with Gasteiger partial charge in [0, 0.05) is 24.3 Å². The van der Waals surface area contributed by atoms with Crippen molar-refractivity contribution in [3.63, 3.8) is 0 Å². The van der Waals surface area contributed by atoms with Crippen LogP contribution < -0.4 is 5.32 Å². The minimum Gasteiger partial charge on any atom is -0.339 e. The van der Waals surface area contributed by atoms with Crippen LogP contribution in [0.25, 0.3) is 16.7 Å². The summed E-state index contributed by atoms with van der Waals surface area (Å²) >= 11 is 1.33. The van der Waals surface area contributed by atoms with E-state index in [9.17, 15) is 9.59 Å². The standard InChI is InChI=1S/C24H24N6O2S/c1-3-29(4-2)24(32)17-10-12-18(13-11-17)28-21(31)15-33-23-20-14-27-30(22(20)25-16-26-23)19-8-6-5-7-9-19/h5-14,16H,3-4,15H2,1-2H3,(H,28,31). The highest BCUT2D eigenvalue weighted by molar-refractivity contribution is 8.00. The maximum absolute atomic E-state index is 12.5. The maximum atomic E-state index is 12.5. The molecule has 0 spiro atoms. The quantitative estimate of drug-likeness (QED) is 0.315. The van der Waals surface area contributed by atoms with E-state index < -0.39 is 0 Å². The lowest BCUT2D eigenvalue weighted by molar-refractivity contribution is -0.113. The number of thioether (sulfide) groups is 1. The molecule has 0 bridgehead atoms. The summed E-state index contributed by atoms with van der Waals surface area (Å²) in [6, 6.07) is 16.7. The van der Waals surface area contributed by atoms with Gasteiger partial charge in [-0.3, -0.25) is 9.59 Å². The molecule has 0 aliphatic carbocycles. The van der Waals surface area contributed by atoms with Crippen LogP contribution in [0.3, 0.4) is 0 Å². The number of anilines is 1. The number of rotatable bonds is 8. The third-order valence-electron chi connectivity index (χ3n) is 5.14. The number of benzene rings is 2. The monoisotopic (exact) mass is 460 g/mol. The SMILES string of the molecule is CCN(CC)C(=O)c1ccc(NC(=O)CSc2ncnc3c2cnn3-c2ccccc2)cc1. The predicted molar refractivity (Wildman–Crippen MR) is 130 cm³/mol. The Morgan fingerprint density at radius 2 is 1.73 bits per heavy atom. The van der Waals surface area contributed by atoms with Gasteiger partial charge in [0.15, 0.2) is 5.65 Å². The van der Waals surface area contributed by atoms with E-state index in [2.05, 4.69) is 20.4 Å². The van der Waals surface area contributed by atoms with Crippen LogP contribution in [0.15, 0.2) is 72.1 Å². The van der Waals surface area contributed by atoms with Gasteiger partial charge in [-0.15, -0.1) is 0 Å². The molecule has 0 aliphatic heterocycles. The van der Waals surface area contributed by atoms with E-state index in [4.69, 9.17) is 0 Å². The zero-order chi connectivity index (χ0) is 23.2. The summed E-state index contributed by atoms with van der Waals surface area (Å²) < 4.78 is 1.75. The Kier molecular flexibility index (Phi) is 6.99. The Balaban J connectivity index is 1.40. The second-order valence-corrected chi connectivity index (χ2v) is 8.16. The minimum absolute atomic E-state index is 0.0164. The van der Waals surface area contributed by atoms with Crippen molar-refractivity contribution in [3.8, 4) is 5.69 Å². The highest BCUT2D eigenvalue weighted by atomic mass is 32.2. The van der Waals surface area contributed by atoms with Gasteiger partial charge in [0.1, 0.15) is 11.4 Å². The number of fused-ring (bicyclic) bond motifs is 1. The second-order valence-electron chi connectivity index (χ2n) is 7.20. The summed E-state index contributed by atoms with van der Waals surface area (Å²) in [5.41, 5.74) is 2.83. The molecular formula is C24H24N6O2S. The molecule has 33 heavy (non-hydrogen) atoms. The molecule has 2 amide bonds. The first-order valence-electron chi connectivity index (χ1n) is 10.7. The Morgan fingerprint density at radius 3 is 2.42 bits per heavy atom. The molecule has 4 rings (SSSR count). The van der Waals surface area contributed by atoms with Crippen LogP contribution in [0, 0.1) is 0 Å². The van der Waals surface area contributed by atoms with Crippen molar-refractivity contribution in [1.82, 2.24) is 24.6 Å². The molecule has 9 heteroatoms. The third kappa shape index (κ3) is 5.04. The lowest BCUT2D eigenvalue weighted by Gasteiger charge is -2.18. The molecule has 2 aromatic heterocycles. The van der Waals surface area contributed by atoms with Gasteiger partial charge >= 0.3 is 0 Å². The van der Waals surface area contributed by atoms with Crippen molar-refractivity contribution in [2.75, 3.05) is 24.2 Å². The molecule has 168 valence electrons. The molecule has 0 unspecified atom stereocenters. The molecule has 2 heterocycles. The fourth-order valence-electron chi connectivity index (χ4n) is 3.42. The van der Waals surface area contributed by atoms with Crippen LogP contribution in [0.1, 0.15) is 24.2 Å². The number of para-hydroxylation sites is 1. The smallest absolute Gasteiger partial charge is 0.253 e. The van der Waals surface area contributed by atoms with E-state index in [0.717, 1.165) is 11.1 Å². The topological polar surface area (TPSA) is 93.0 Å². The Hall–Kier alpha value is -3.72. The zero-order valence-corrected chi connectivity index (χ0v) is 19.2. The number of hydrogen-bond donors (Lipinski definition) is 1. The van der Waals surface area contributed by atoms with Crippen LogP contribution in [-0.4, -0.2) is 55.3 Å². The summed E-state index contributed by atoms with van der Waals surface area (Å²) in [6.45, 7) is 5.22. The molecule has 4 aromatic rings. The highest BCUT2D eigenvalue weighted by Gasteiger charge is 2.14. The summed E-state index contributed by atoms with van der Waals surface area (Å²) in [5, 5.41) is 8.79. The molecule has 0 saturated carbocycles. The van der Waals surface area contributed by atoms with Gasteiger partial charge < -0.3 is 10.2 Å². The molecule has 0 fully saturated rings. The summed E-state index contributed by atoms with van der Waals surface area (Å²) in [6.07, 6.45) is 3.20. The van der Waals surface area contributed by atoms with Crippen molar-refractivity contribution in [2.24, 2.45) is 0 Å². The van der Waals surface area contributed by atoms with E-state index in [1.807, 2.05) is 44.2 Å². The minimum atomic E-state index is -0.162. The van der Waals surface area contributed by atoms with E-state index in [1.165, 1.54) is 18.1 Å². The van der Waals surface area contributed by atoms with Crippen molar-refractivity contribution in [3.05, 3.63) is 72.7 Å². The van der Waals surface area contributed by atoms with Gasteiger partial charge in [-0.1, -0.05) is 30.0 Å². The zero-order valence-electron chi connectivity index (χ0n) is 18.4. The van der Waals surface area contributed by atoms with Crippen molar-refractivity contribution < 1.29 is 9.59 Å². The molecule has 0 atom stereocenters. The summed E-state index contributed by atoms with van der Waals surface area (Å²) in [4.78, 5) is 35.4. The van der Waals surface area contributed by atoms with Crippen molar-refractivity contribution in [2.45, 2.75) is 18.9 Å². The largest absolute Gasteiger partial charge is 0.339 e. The molecule has 0 aliphatic rings. The molecule has 8 nitrogen and oxygen atoms in total. The fraction of sp³-hybridized carbons (Fsp3) is 0.208. The lowest BCUT2D eigenvalue weighted by Crippen LogP contribution is -2.30. The van der Waals surface area contributed by atoms with Crippen LogP contribution in [-0.2, 0) is 4.79 Å². The molecular weight excluding hydrogens is 436 g/mol. The number of nitrogens with one attached hydrogen (secondary N) is 1. The fourth-order valence-corrected chi connectivity index (χ4v) is 4.18. The molecule has 0 saturated heterocycles. The highest BCUT2D eigenvalue weighted by Crippen LogP contribution is 2.26. The van der Waals surface area contributed by atoms with Gasteiger partial charge in [-0.05, 0) is 50.2 Å².